The van der Waals surface area contributed by atoms with Gasteiger partial charge in [-0.05, 0) is 60.7 Å². The maximum Gasteiger partial charge on any atom is 0.417 e. The molecule has 0 unspecified atom stereocenters. The van der Waals surface area contributed by atoms with Gasteiger partial charge in [-0.1, -0.05) is 17.7 Å². The molecule has 17 heteroatoms. The van der Waals surface area contributed by atoms with Gasteiger partial charge in [0.05, 0.1) is 33.0 Å². The summed E-state index contributed by atoms with van der Waals surface area (Å²) in [4.78, 5) is 12.1. The first-order valence-electron chi connectivity index (χ1n) is 10.7. The number of halogens is 7. The van der Waals surface area contributed by atoms with Crippen molar-refractivity contribution < 1.29 is 48.0 Å². The summed E-state index contributed by atoms with van der Waals surface area (Å²) in [6.07, 6.45) is -8.88. The van der Waals surface area contributed by atoms with Crippen LogP contribution in [-0.2, 0) is 37.2 Å². The maximum absolute atomic E-state index is 13.1. The quantitative estimate of drug-likeness (QED) is 0.316. The average Bonchev–Trinajstić information content (AvgIpc) is 2.82. The first kappa shape index (κ1) is 31.0. The van der Waals surface area contributed by atoms with Crippen molar-refractivity contribution in [3.63, 3.8) is 0 Å². The molecule has 1 amide bonds. The van der Waals surface area contributed by atoms with E-state index in [9.17, 15) is 48.0 Å². The molecule has 0 fully saturated rings. The first-order chi connectivity index (χ1) is 18.3. The van der Waals surface area contributed by atoms with Crippen molar-refractivity contribution in [2.24, 2.45) is 0 Å². The summed E-state index contributed by atoms with van der Waals surface area (Å²) in [5.41, 5.74) is -3.20. The molecule has 0 aromatic heterocycles. The third kappa shape index (κ3) is 7.79. The summed E-state index contributed by atoms with van der Waals surface area (Å²) < 4.78 is 130. The molecule has 0 radical (unpaired) electrons. The lowest BCUT2D eigenvalue weighted by atomic mass is 10.2. The van der Waals surface area contributed by atoms with Crippen molar-refractivity contribution in [2.45, 2.75) is 17.2 Å². The second-order valence-electron chi connectivity index (χ2n) is 8.19. The molecule has 3 aromatic carbocycles. The first-order valence-corrected chi connectivity index (χ1v) is 14.4. The second-order valence-corrected chi connectivity index (χ2v) is 12.2. The fourth-order valence-corrected chi connectivity index (χ4v) is 5.43. The van der Waals surface area contributed by atoms with Gasteiger partial charge in [-0.15, -0.1) is 0 Å². The molecule has 0 spiro atoms. The van der Waals surface area contributed by atoms with E-state index in [2.05, 4.69) is 5.32 Å². The third-order valence-corrected chi connectivity index (χ3v) is 7.99. The number of rotatable bonds is 8. The fourth-order valence-electron chi connectivity index (χ4n) is 3.31. The Hall–Kier alpha value is -3.50. The van der Waals surface area contributed by atoms with Gasteiger partial charge in [0.1, 0.15) is 6.54 Å². The summed E-state index contributed by atoms with van der Waals surface area (Å²) in [5.74, 6) is -0.961. The van der Waals surface area contributed by atoms with Gasteiger partial charge in [0, 0.05) is 11.4 Å². The Morgan fingerprint density at radius 1 is 0.850 bits per heavy atom. The molecule has 0 bridgehead atoms. The minimum atomic E-state index is -4.83. The number of anilines is 3. The molecule has 0 heterocycles. The lowest BCUT2D eigenvalue weighted by Gasteiger charge is -2.23. The van der Waals surface area contributed by atoms with Crippen molar-refractivity contribution in [2.75, 3.05) is 27.1 Å². The van der Waals surface area contributed by atoms with Crippen LogP contribution in [0.3, 0.4) is 0 Å². The highest BCUT2D eigenvalue weighted by Gasteiger charge is 2.34. The van der Waals surface area contributed by atoms with E-state index in [1.165, 1.54) is 0 Å². The zero-order valence-corrected chi connectivity index (χ0v) is 22.4. The van der Waals surface area contributed by atoms with E-state index in [0.29, 0.717) is 22.7 Å². The summed E-state index contributed by atoms with van der Waals surface area (Å²) in [6.45, 7) is -0.903. The van der Waals surface area contributed by atoms with Gasteiger partial charge in [-0.25, -0.2) is 16.8 Å². The Labute approximate surface area is 229 Å². The Kier molecular flexibility index (Phi) is 8.67. The number of benzene rings is 3. The van der Waals surface area contributed by atoms with Crippen LogP contribution in [0, 0.1) is 0 Å². The molecule has 0 aliphatic rings. The minimum Gasteiger partial charge on any atom is -0.325 e. The highest BCUT2D eigenvalue weighted by Crippen LogP contribution is 2.37. The van der Waals surface area contributed by atoms with E-state index in [-0.39, 0.29) is 5.69 Å². The van der Waals surface area contributed by atoms with Crippen LogP contribution in [0.5, 0.6) is 0 Å². The monoisotopic (exact) mass is 629 g/mol. The van der Waals surface area contributed by atoms with Crippen molar-refractivity contribution in [3.8, 4) is 0 Å². The molecule has 0 saturated carbocycles. The van der Waals surface area contributed by atoms with E-state index < -0.39 is 77.3 Å². The number of sulfonamides is 2. The highest BCUT2D eigenvalue weighted by molar-refractivity contribution is 7.92. The normalized spacial score (nSPS) is 12.6. The highest BCUT2D eigenvalue weighted by atomic mass is 35.5. The zero-order chi connectivity index (χ0) is 30.1. The smallest absolute Gasteiger partial charge is 0.325 e. The average molecular weight is 630 g/mol. The third-order valence-electron chi connectivity index (χ3n) is 5.12. The number of hydrogen-bond acceptors (Lipinski definition) is 5. The molecule has 3 aromatic rings. The number of carbonyl (C=O) groups is 1. The van der Waals surface area contributed by atoms with E-state index >= 15 is 0 Å². The number of nitrogens with zero attached hydrogens (tertiary/aromatic N) is 1. The molecule has 0 aliphatic carbocycles. The van der Waals surface area contributed by atoms with E-state index in [1.807, 2.05) is 4.72 Å². The Morgan fingerprint density at radius 2 is 1.45 bits per heavy atom. The van der Waals surface area contributed by atoms with Crippen molar-refractivity contribution in [3.05, 3.63) is 82.9 Å². The van der Waals surface area contributed by atoms with Gasteiger partial charge in [0.25, 0.3) is 10.0 Å². The van der Waals surface area contributed by atoms with Gasteiger partial charge in [-0.2, -0.15) is 26.3 Å². The molecule has 8 nitrogen and oxygen atoms in total. The molecule has 0 saturated heterocycles. The van der Waals surface area contributed by atoms with Crippen LogP contribution in [-0.4, -0.2) is 35.5 Å². The number of nitrogens with one attached hydrogen (secondary N) is 2. The lowest BCUT2D eigenvalue weighted by Crippen LogP contribution is -2.37. The SMILES string of the molecule is CS(=O)(=O)N(CC(=O)Nc1ccc(S(=O)(=O)Nc2ccc(Cl)c(C(F)(F)F)c2)cc1)c1cccc(C(F)(F)F)c1. The molecular weight excluding hydrogens is 612 g/mol. The fraction of sp³-hybridized carbons (Fsp3) is 0.174. The van der Waals surface area contributed by atoms with Crippen molar-refractivity contribution in [1.29, 1.82) is 0 Å². The molecule has 0 atom stereocenters. The van der Waals surface area contributed by atoms with Gasteiger partial charge < -0.3 is 5.32 Å². The van der Waals surface area contributed by atoms with Gasteiger partial charge in [-0.3, -0.25) is 13.8 Å². The summed E-state index contributed by atoms with van der Waals surface area (Å²) in [6, 6.07) is 10.0. The number of hydrogen-bond donors (Lipinski definition) is 2. The molecule has 0 aliphatic heterocycles. The summed E-state index contributed by atoms with van der Waals surface area (Å²) in [7, 11) is -8.58. The predicted octanol–water partition coefficient (Wildman–Crippen LogP) is 5.58. The topological polar surface area (TPSA) is 113 Å². The Balaban J connectivity index is 1.75. The molecule has 3 rings (SSSR count). The van der Waals surface area contributed by atoms with Gasteiger partial charge in [0.2, 0.25) is 15.9 Å². The van der Waals surface area contributed by atoms with Crippen LogP contribution in [0.4, 0.5) is 43.4 Å². The number of carbonyl (C=O) groups excluding carboxylic acids is 1. The van der Waals surface area contributed by atoms with Gasteiger partial charge in [0.15, 0.2) is 0 Å². The summed E-state index contributed by atoms with van der Waals surface area (Å²) >= 11 is 5.53. The number of alkyl halides is 6. The standard InChI is InChI=1S/C23H18ClF6N3O5S2/c1-39(35,36)33(17-4-2-3-14(11-17)22(25,26)27)13-21(34)31-15-5-8-18(9-6-15)40(37,38)32-16-7-10-20(24)19(12-16)23(28,29)30/h2-12,32H,13H2,1H3,(H,31,34). The lowest BCUT2D eigenvalue weighted by molar-refractivity contribution is -0.138. The van der Waals surface area contributed by atoms with Gasteiger partial charge >= 0.3 is 12.4 Å². The predicted molar refractivity (Wildman–Crippen MR) is 136 cm³/mol. The Bertz CT molecular complexity index is 1630. The van der Waals surface area contributed by atoms with Crippen molar-refractivity contribution >= 4 is 54.6 Å². The van der Waals surface area contributed by atoms with Crippen LogP contribution in [0.2, 0.25) is 5.02 Å². The van der Waals surface area contributed by atoms with Crippen LogP contribution in [0.1, 0.15) is 11.1 Å². The Morgan fingerprint density at radius 3 is 2.00 bits per heavy atom. The molecule has 216 valence electrons. The van der Waals surface area contributed by atoms with E-state index in [4.69, 9.17) is 11.6 Å². The van der Waals surface area contributed by atoms with Crippen LogP contribution in [0.25, 0.3) is 0 Å². The zero-order valence-electron chi connectivity index (χ0n) is 20.0. The van der Waals surface area contributed by atoms with E-state index in [0.717, 1.165) is 54.6 Å². The number of amides is 1. The summed E-state index contributed by atoms with van der Waals surface area (Å²) in [5, 5.41) is 1.67. The largest absolute Gasteiger partial charge is 0.417 e. The molecule has 40 heavy (non-hydrogen) atoms. The van der Waals surface area contributed by atoms with E-state index in [1.54, 1.807) is 0 Å². The molecular formula is C23H18ClF6N3O5S2. The van der Waals surface area contributed by atoms with Crippen molar-refractivity contribution in [1.82, 2.24) is 0 Å². The van der Waals surface area contributed by atoms with Crippen LogP contribution >= 0.6 is 11.6 Å². The minimum absolute atomic E-state index is 0.00714. The second kappa shape index (κ2) is 11.2. The maximum atomic E-state index is 13.1. The van der Waals surface area contributed by atoms with Crippen LogP contribution < -0.4 is 14.3 Å². The van der Waals surface area contributed by atoms with Crippen LogP contribution in [0.15, 0.2) is 71.6 Å². The molecule has 2 N–H and O–H groups in total.